The molecule has 0 saturated carbocycles. The predicted molar refractivity (Wildman–Crippen MR) is 65.8 cm³/mol. The fourth-order valence-corrected chi connectivity index (χ4v) is 3.29. The van der Waals surface area contributed by atoms with Crippen LogP contribution in [-0.2, 0) is 10.8 Å². The first-order valence-corrected chi connectivity index (χ1v) is 7.07. The molecule has 1 N–H and O–H groups in total. The highest BCUT2D eigenvalue weighted by atomic mass is 32.2. The fourth-order valence-electron chi connectivity index (χ4n) is 1.97. The Kier molecular flexibility index (Phi) is 4.24. The number of nitrogens with zero attached hydrogens (tertiary/aromatic N) is 2. The second-order valence-corrected chi connectivity index (χ2v) is 5.66. The zero-order valence-corrected chi connectivity index (χ0v) is 10.4. The molecule has 2 atom stereocenters. The normalized spacial score (nSPS) is 21.7. The molecule has 4 nitrogen and oxygen atoms in total. The minimum Gasteiger partial charge on any atom is -0.316 e. The zero-order chi connectivity index (χ0) is 12.1. The Labute approximate surface area is 104 Å². The Bertz CT molecular complexity index is 449. The van der Waals surface area contributed by atoms with Gasteiger partial charge in [-0.3, -0.25) is 4.21 Å². The Morgan fingerprint density at radius 3 is 3.24 bits per heavy atom. The van der Waals surface area contributed by atoms with Crippen LogP contribution < -0.4 is 5.32 Å². The number of aromatic nitrogens is 1. The van der Waals surface area contributed by atoms with Gasteiger partial charge in [0.25, 0.3) is 0 Å². The molecule has 0 radical (unpaired) electrons. The number of nitrogens with one attached hydrogen (secondary N) is 1. The summed E-state index contributed by atoms with van der Waals surface area (Å²) in [5.41, 5.74) is 0.519. The van der Waals surface area contributed by atoms with Gasteiger partial charge in [0, 0.05) is 11.9 Å². The Morgan fingerprint density at radius 1 is 1.65 bits per heavy atom. The van der Waals surface area contributed by atoms with Crippen molar-refractivity contribution < 1.29 is 4.21 Å². The van der Waals surface area contributed by atoms with Crippen LogP contribution in [0.2, 0.25) is 0 Å². The summed E-state index contributed by atoms with van der Waals surface area (Å²) in [7, 11) is -1.10. The summed E-state index contributed by atoms with van der Waals surface area (Å²) in [5.74, 6) is 1.09. The van der Waals surface area contributed by atoms with E-state index in [4.69, 9.17) is 5.26 Å². The Hall–Kier alpha value is -1.25. The van der Waals surface area contributed by atoms with E-state index in [0.29, 0.717) is 22.3 Å². The van der Waals surface area contributed by atoms with Gasteiger partial charge in [-0.25, -0.2) is 4.98 Å². The highest BCUT2D eigenvalue weighted by Gasteiger charge is 2.17. The lowest BCUT2D eigenvalue weighted by Crippen LogP contribution is -2.32. The summed E-state index contributed by atoms with van der Waals surface area (Å²) in [5, 5.41) is 12.6. The maximum Gasteiger partial charge on any atom is 0.128 e. The molecule has 2 heterocycles. The number of nitriles is 1. The number of piperidine rings is 1. The third-order valence-electron chi connectivity index (χ3n) is 2.88. The van der Waals surface area contributed by atoms with E-state index < -0.39 is 10.8 Å². The van der Waals surface area contributed by atoms with Crippen LogP contribution >= 0.6 is 0 Å². The van der Waals surface area contributed by atoms with Crippen molar-refractivity contribution in [2.24, 2.45) is 5.92 Å². The molecule has 0 bridgehead atoms. The molecule has 1 aliphatic heterocycles. The summed E-state index contributed by atoms with van der Waals surface area (Å²) >= 11 is 0. The van der Waals surface area contributed by atoms with Crippen molar-refractivity contribution in [1.82, 2.24) is 10.3 Å². The van der Waals surface area contributed by atoms with Gasteiger partial charge in [0.15, 0.2) is 0 Å². The van der Waals surface area contributed by atoms with Gasteiger partial charge < -0.3 is 5.32 Å². The van der Waals surface area contributed by atoms with Crippen LogP contribution in [0.15, 0.2) is 23.4 Å². The number of pyridine rings is 1. The molecule has 0 unspecified atom stereocenters. The molecule has 1 aromatic heterocycles. The lowest BCUT2D eigenvalue weighted by molar-refractivity contribution is 0.408. The highest BCUT2D eigenvalue weighted by molar-refractivity contribution is 7.84. The first kappa shape index (κ1) is 12.2. The average Bonchev–Trinajstić information content (AvgIpc) is 2.40. The van der Waals surface area contributed by atoms with E-state index in [2.05, 4.69) is 10.3 Å². The molecular formula is C12H15N3OS. The van der Waals surface area contributed by atoms with Gasteiger partial charge in [-0.1, -0.05) is 0 Å². The van der Waals surface area contributed by atoms with Crippen LogP contribution in [0.5, 0.6) is 0 Å². The second kappa shape index (κ2) is 5.89. The van der Waals surface area contributed by atoms with Crippen LogP contribution in [-0.4, -0.2) is 28.0 Å². The molecule has 0 aliphatic carbocycles. The summed E-state index contributed by atoms with van der Waals surface area (Å²) in [4.78, 5) is 4.08. The van der Waals surface area contributed by atoms with Crippen molar-refractivity contribution in [2.45, 2.75) is 17.9 Å². The molecular weight excluding hydrogens is 234 g/mol. The summed E-state index contributed by atoms with van der Waals surface area (Å²) in [6, 6.07) is 5.28. The monoisotopic (exact) mass is 249 g/mol. The lowest BCUT2D eigenvalue weighted by Gasteiger charge is -2.21. The summed E-state index contributed by atoms with van der Waals surface area (Å²) in [6.45, 7) is 2.00. The first-order valence-electron chi connectivity index (χ1n) is 5.75. The molecule has 1 saturated heterocycles. The largest absolute Gasteiger partial charge is 0.316 e. The standard InChI is InChI=1S/C12H15N3OS/c13-7-10-3-5-15-12(6-10)17(16)9-11-2-1-4-14-8-11/h3,5-6,11,14H,1-2,4,8-9H2/t11-,17-/m1/s1. The zero-order valence-electron chi connectivity index (χ0n) is 9.56. The van der Waals surface area contributed by atoms with Crippen molar-refractivity contribution in [2.75, 3.05) is 18.8 Å². The van der Waals surface area contributed by atoms with Gasteiger partial charge in [-0.2, -0.15) is 5.26 Å². The molecule has 1 aromatic rings. The van der Waals surface area contributed by atoms with Crippen LogP contribution in [0.25, 0.3) is 0 Å². The Morgan fingerprint density at radius 2 is 2.53 bits per heavy atom. The maximum atomic E-state index is 12.1. The van der Waals surface area contributed by atoms with Crippen molar-refractivity contribution in [1.29, 1.82) is 5.26 Å². The van der Waals surface area contributed by atoms with Gasteiger partial charge in [0.05, 0.1) is 22.4 Å². The van der Waals surface area contributed by atoms with Gasteiger partial charge in [-0.15, -0.1) is 0 Å². The van der Waals surface area contributed by atoms with Crippen molar-refractivity contribution in [3.8, 4) is 6.07 Å². The van der Waals surface area contributed by atoms with Gasteiger partial charge in [0.1, 0.15) is 5.03 Å². The van der Waals surface area contributed by atoms with E-state index in [9.17, 15) is 4.21 Å². The van der Waals surface area contributed by atoms with Gasteiger partial charge in [-0.05, 0) is 44.0 Å². The first-order chi connectivity index (χ1) is 8.29. The van der Waals surface area contributed by atoms with E-state index in [1.807, 2.05) is 6.07 Å². The molecule has 90 valence electrons. The van der Waals surface area contributed by atoms with Crippen LogP contribution in [0, 0.1) is 17.2 Å². The van der Waals surface area contributed by atoms with E-state index >= 15 is 0 Å². The van der Waals surface area contributed by atoms with Crippen LogP contribution in [0.4, 0.5) is 0 Å². The topological polar surface area (TPSA) is 65.8 Å². The van der Waals surface area contributed by atoms with Crippen LogP contribution in [0.1, 0.15) is 18.4 Å². The van der Waals surface area contributed by atoms with Crippen molar-refractivity contribution >= 4 is 10.8 Å². The van der Waals surface area contributed by atoms with E-state index in [0.717, 1.165) is 25.9 Å². The third-order valence-corrected chi connectivity index (χ3v) is 4.35. The maximum absolute atomic E-state index is 12.1. The van der Waals surface area contributed by atoms with Crippen molar-refractivity contribution in [3.63, 3.8) is 0 Å². The van der Waals surface area contributed by atoms with Crippen LogP contribution in [0.3, 0.4) is 0 Å². The lowest BCUT2D eigenvalue weighted by atomic mass is 10.0. The smallest absolute Gasteiger partial charge is 0.128 e. The molecule has 17 heavy (non-hydrogen) atoms. The summed E-state index contributed by atoms with van der Waals surface area (Å²) < 4.78 is 12.1. The number of rotatable bonds is 3. The minimum absolute atomic E-state index is 0.456. The second-order valence-electron chi connectivity index (χ2n) is 4.22. The predicted octanol–water partition coefficient (Wildman–Crippen LogP) is 1.06. The molecule has 5 heteroatoms. The minimum atomic E-state index is -1.10. The molecule has 0 aromatic carbocycles. The van der Waals surface area contributed by atoms with E-state index in [1.165, 1.54) is 0 Å². The van der Waals surface area contributed by atoms with E-state index in [1.54, 1.807) is 18.3 Å². The quantitative estimate of drug-likeness (QED) is 0.870. The Balaban J connectivity index is 2.01. The average molecular weight is 249 g/mol. The van der Waals surface area contributed by atoms with Gasteiger partial charge in [0.2, 0.25) is 0 Å². The molecule has 1 fully saturated rings. The SMILES string of the molecule is N#Cc1ccnc([S@](=O)C[C@@H]2CCCNC2)c1. The number of hydrogen-bond donors (Lipinski definition) is 1. The van der Waals surface area contributed by atoms with Crippen molar-refractivity contribution in [3.05, 3.63) is 23.9 Å². The number of hydrogen-bond acceptors (Lipinski definition) is 4. The van der Waals surface area contributed by atoms with Gasteiger partial charge >= 0.3 is 0 Å². The highest BCUT2D eigenvalue weighted by Crippen LogP contribution is 2.15. The summed E-state index contributed by atoms with van der Waals surface area (Å²) in [6.07, 6.45) is 3.81. The fraction of sp³-hybridized carbons (Fsp3) is 0.500. The molecule has 0 amide bonds. The molecule has 0 spiro atoms. The molecule has 2 rings (SSSR count). The van der Waals surface area contributed by atoms with E-state index in [-0.39, 0.29) is 0 Å². The molecule has 1 aliphatic rings. The third kappa shape index (κ3) is 3.35.